The Labute approximate surface area is 132 Å². The highest BCUT2D eigenvalue weighted by atomic mass is 16.7. The van der Waals surface area contributed by atoms with E-state index in [1.165, 1.54) is 19.2 Å². The Hall–Kier alpha value is -3.09. The molecule has 0 saturated carbocycles. The van der Waals surface area contributed by atoms with Crippen LogP contribution in [-0.4, -0.2) is 29.8 Å². The third kappa shape index (κ3) is 3.39. The van der Waals surface area contributed by atoms with Gasteiger partial charge in [0.1, 0.15) is 5.69 Å². The van der Waals surface area contributed by atoms with Gasteiger partial charge in [0.2, 0.25) is 6.79 Å². The molecule has 1 aliphatic heterocycles. The van der Waals surface area contributed by atoms with Crippen LogP contribution in [0.5, 0.6) is 11.5 Å². The number of nitrogens with zero attached hydrogens (tertiary/aromatic N) is 1. The molecular weight excluding hydrogens is 300 g/mol. The quantitative estimate of drug-likeness (QED) is 0.869. The summed E-state index contributed by atoms with van der Waals surface area (Å²) in [6.07, 6.45) is 0.517. The van der Waals surface area contributed by atoms with Crippen LogP contribution in [0.15, 0.2) is 42.6 Å². The highest BCUT2D eigenvalue weighted by molar-refractivity contribution is 5.97. The van der Waals surface area contributed by atoms with Crippen LogP contribution in [0.2, 0.25) is 0 Å². The summed E-state index contributed by atoms with van der Waals surface area (Å²) in [4.78, 5) is 27.8. The minimum absolute atomic E-state index is 0.148. The van der Waals surface area contributed by atoms with Crippen LogP contribution < -0.4 is 14.8 Å². The lowest BCUT2D eigenvalue weighted by atomic mass is 10.2. The van der Waals surface area contributed by atoms with E-state index in [2.05, 4.69) is 10.3 Å². The van der Waals surface area contributed by atoms with E-state index in [9.17, 15) is 9.59 Å². The Kier molecular flexibility index (Phi) is 4.09. The highest BCUT2D eigenvalue weighted by Crippen LogP contribution is 2.34. The second kappa shape index (κ2) is 6.35. The topological polar surface area (TPSA) is 86.8 Å². The number of hydrogen-bond donors (Lipinski definition) is 1. The van der Waals surface area contributed by atoms with Gasteiger partial charge < -0.3 is 19.5 Å². The van der Waals surface area contributed by atoms with Crippen molar-refractivity contribution in [1.82, 2.24) is 4.98 Å². The first kappa shape index (κ1) is 14.8. The monoisotopic (exact) mass is 314 g/mol. The van der Waals surface area contributed by atoms with Crippen LogP contribution in [-0.2, 0) is 9.53 Å². The number of esters is 1. The molecule has 0 fully saturated rings. The highest BCUT2D eigenvalue weighted by Gasteiger charge is 2.21. The second-order valence-electron chi connectivity index (χ2n) is 4.82. The number of benzene rings is 1. The molecular formula is C16H14N2O5. The third-order valence-electron chi connectivity index (χ3n) is 3.17. The van der Waals surface area contributed by atoms with Crippen molar-refractivity contribution in [2.45, 2.75) is 13.0 Å². The maximum Gasteiger partial charge on any atom is 0.357 e. The summed E-state index contributed by atoms with van der Waals surface area (Å²) in [5, 5.41) is 2.66. The number of fused-ring (bicyclic) bond motifs is 1. The number of rotatable bonds is 4. The van der Waals surface area contributed by atoms with Crippen LogP contribution >= 0.6 is 0 Å². The van der Waals surface area contributed by atoms with Gasteiger partial charge in [-0.3, -0.25) is 4.79 Å². The van der Waals surface area contributed by atoms with Crippen molar-refractivity contribution < 1.29 is 23.8 Å². The molecule has 7 heteroatoms. The predicted molar refractivity (Wildman–Crippen MR) is 80.3 cm³/mol. The number of hydrogen-bond acceptors (Lipinski definition) is 6. The maximum absolute atomic E-state index is 12.1. The summed E-state index contributed by atoms with van der Waals surface area (Å²) < 4.78 is 15.5. The van der Waals surface area contributed by atoms with Crippen LogP contribution in [0.25, 0.3) is 0 Å². The molecule has 0 aliphatic carbocycles. The first-order chi connectivity index (χ1) is 11.1. The molecule has 1 atom stereocenters. The molecule has 2 aromatic rings. The fourth-order valence-electron chi connectivity index (χ4n) is 1.98. The van der Waals surface area contributed by atoms with Gasteiger partial charge in [-0.15, -0.1) is 0 Å². The number of aromatic nitrogens is 1. The number of carbonyl (C=O) groups is 2. The third-order valence-corrected chi connectivity index (χ3v) is 3.17. The largest absolute Gasteiger partial charge is 0.454 e. The Morgan fingerprint density at radius 3 is 2.83 bits per heavy atom. The van der Waals surface area contributed by atoms with Gasteiger partial charge in [0.05, 0.1) is 0 Å². The molecule has 1 aliphatic rings. The van der Waals surface area contributed by atoms with E-state index in [1.54, 1.807) is 30.3 Å². The minimum Gasteiger partial charge on any atom is -0.454 e. The van der Waals surface area contributed by atoms with E-state index >= 15 is 0 Å². The Balaban J connectivity index is 1.60. The number of ether oxygens (including phenoxy) is 3. The Bertz CT molecular complexity index is 733. The van der Waals surface area contributed by atoms with Crippen molar-refractivity contribution in [1.29, 1.82) is 0 Å². The van der Waals surface area contributed by atoms with E-state index in [0.29, 0.717) is 17.2 Å². The van der Waals surface area contributed by atoms with Gasteiger partial charge in [0.15, 0.2) is 17.6 Å². The van der Waals surface area contributed by atoms with E-state index in [1.807, 2.05) is 0 Å². The van der Waals surface area contributed by atoms with E-state index in [0.717, 1.165) is 0 Å². The molecule has 0 saturated heterocycles. The zero-order valence-corrected chi connectivity index (χ0v) is 12.3. The standard InChI is InChI=1S/C16H14N2O5/c1-10(23-16(20)12-4-2-3-7-17-12)15(19)18-11-5-6-13-14(8-11)22-9-21-13/h2-8,10H,9H2,1H3,(H,18,19)/t10-/m1/s1. The van der Waals surface area contributed by atoms with Crippen molar-refractivity contribution in [2.24, 2.45) is 0 Å². The van der Waals surface area contributed by atoms with E-state index in [-0.39, 0.29) is 12.5 Å². The molecule has 0 bridgehead atoms. The van der Waals surface area contributed by atoms with Gasteiger partial charge in [-0.25, -0.2) is 9.78 Å². The van der Waals surface area contributed by atoms with Gasteiger partial charge in [-0.1, -0.05) is 6.07 Å². The molecule has 1 N–H and O–H groups in total. The Morgan fingerprint density at radius 1 is 1.22 bits per heavy atom. The van der Waals surface area contributed by atoms with E-state index in [4.69, 9.17) is 14.2 Å². The van der Waals surface area contributed by atoms with Crippen LogP contribution in [0.1, 0.15) is 17.4 Å². The van der Waals surface area contributed by atoms with Gasteiger partial charge in [0, 0.05) is 18.0 Å². The van der Waals surface area contributed by atoms with Gasteiger partial charge >= 0.3 is 5.97 Å². The molecule has 0 spiro atoms. The van der Waals surface area contributed by atoms with Crippen LogP contribution in [0, 0.1) is 0 Å². The second-order valence-corrected chi connectivity index (χ2v) is 4.82. The predicted octanol–water partition coefficient (Wildman–Crippen LogP) is 1.99. The van der Waals surface area contributed by atoms with Crippen molar-refractivity contribution in [2.75, 3.05) is 12.1 Å². The first-order valence-electron chi connectivity index (χ1n) is 6.96. The Morgan fingerprint density at radius 2 is 2.04 bits per heavy atom. The summed E-state index contributed by atoms with van der Waals surface area (Å²) in [5.74, 6) is 0.0747. The van der Waals surface area contributed by atoms with Gasteiger partial charge in [-0.2, -0.15) is 0 Å². The van der Waals surface area contributed by atoms with Gasteiger partial charge in [0.25, 0.3) is 5.91 Å². The SMILES string of the molecule is C[C@@H](OC(=O)c1ccccn1)C(=O)Nc1ccc2c(c1)OCO2. The zero-order chi connectivity index (χ0) is 16.2. The zero-order valence-electron chi connectivity index (χ0n) is 12.3. The lowest BCUT2D eigenvalue weighted by Gasteiger charge is -2.13. The number of anilines is 1. The molecule has 2 heterocycles. The summed E-state index contributed by atoms with van der Waals surface area (Å²) in [6, 6.07) is 9.90. The van der Waals surface area contributed by atoms with Gasteiger partial charge in [-0.05, 0) is 31.2 Å². The molecule has 7 nitrogen and oxygen atoms in total. The summed E-state index contributed by atoms with van der Waals surface area (Å²) in [6.45, 7) is 1.65. The number of nitrogens with one attached hydrogen (secondary N) is 1. The lowest BCUT2D eigenvalue weighted by molar-refractivity contribution is -0.123. The lowest BCUT2D eigenvalue weighted by Crippen LogP contribution is -2.30. The number of pyridine rings is 1. The first-order valence-corrected chi connectivity index (χ1v) is 6.96. The fourth-order valence-corrected chi connectivity index (χ4v) is 1.98. The van der Waals surface area contributed by atoms with Crippen LogP contribution in [0.4, 0.5) is 5.69 Å². The van der Waals surface area contributed by atoms with E-state index < -0.39 is 18.0 Å². The molecule has 3 rings (SSSR count). The fraction of sp³-hybridized carbons (Fsp3) is 0.188. The molecule has 118 valence electrons. The van der Waals surface area contributed by atoms with Crippen molar-refractivity contribution >= 4 is 17.6 Å². The molecule has 1 aromatic carbocycles. The average molecular weight is 314 g/mol. The average Bonchev–Trinajstić information content (AvgIpc) is 3.03. The molecule has 1 amide bonds. The summed E-state index contributed by atoms with van der Waals surface area (Å²) in [5.41, 5.74) is 0.676. The minimum atomic E-state index is -0.963. The normalized spacial score (nSPS) is 13.3. The summed E-state index contributed by atoms with van der Waals surface area (Å²) >= 11 is 0. The smallest absolute Gasteiger partial charge is 0.357 e. The van der Waals surface area contributed by atoms with Crippen molar-refractivity contribution in [3.63, 3.8) is 0 Å². The number of amides is 1. The summed E-state index contributed by atoms with van der Waals surface area (Å²) in [7, 11) is 0. The molecule has 23 heavy (non-hydrogen) atoms. The molecule has 0 unspecified atom stereocenters. The molecule has 0 radical (unpaired) electrons. The number of carbonyl (C=O) groups excluding carboxylic acids is 2. The molecule has 1 aromatic heterocycles. The van der Waals surface area contributed by atoms with Crippen LogP contribution in [0.3, 0.4) is 0 Å². The van der Waals surface area contributed by atoms with Crippen molar-refractivity contribution in [3.05, 3.63) is 48.3 Å². The van der Waals surface area contributed by atoms with Crippen molar-refractivity contribution in [3.8, 4) is 11.5 Å². The maximum atomic E-state index is 12.1.